The Kier molecular flexibility index (Phi) is 6.62. The first-order chi connectivity index (χ1) is 27.8. The number of anilines is 3. The fraction of sp³-hybridized carbons (Fsp3) is 0.0182. The fourth-order valence-electron chi connectivity index (χ4n) is 10.2. The van der Waals surface area contributed by atoms with Gasteiger partial charge in [0.1, 0.15) is 0 Å². The Balaban J connectivity index is 1.15. The van der Waals surface area contributed by atoms with E-state index >= 15 is 0 Å². The third-order valence-corrected chi connectivity index (χ3v) is 12.4. The summed E-state index contributed by atoms with van der Waals surface area (Å²) in [6, 6.07) is 78.6. The average molecular weight is 710 g/mol. The van der Waals surface area contributed by atoms with Crippen molar-refractivity contribution >= 4 is 49.4 Å². The van der Waals surface area contributed by atoms with Crippen LogP contribution in [0, 0.1) is 0 Å². The molecule has 10 aromatic carbocycles. The van der Waals surface area contributed by atoms with Gasteiger partial charge in [-0.2, -0.15) is 0 Å². The zero-order valence-corrected chi connectivity index (χ0v) is 30.7. The fourth-order valence-corrected chi connectivity index (χ4v) is 10.2. The van der Waals surface area contributed by atoms with Crippen molar-refractivity contribution < 1.29 is 0 Å². The molecule has 12 rings (SSSR count). The van der Waals surface area contributed by atoms with Gasteiger partial charge in [0, 0.05) is 17.1 Å². The van der Waals surface area contributed by atoms with Crippen molar-refractivity contribution in [2.45, 2.75) is 5.41 Å². The van der Waals surface area contributed by atoms with Gasteiger partial charge in [-0.25, -0.2) is 0 Å². The van der Waals surface area contributed by atoms with Crippen LogP contribution < -0.4 is 4.90 Å². The first kappa shape index (κ1) is 31.2. The molecule has 1 nitrogen and oxygen atoms in total. The largest absolute Gasteiger partial charge is 0.310 e. The van der Waals surface area contributed by atoms with Gasteiger partial charge in [0.05, 0.1) is 5.41 Å². The van der Waals surface area contributed by atoms with Crippen molar-refractivity contribution in [2.24, 2.45) is 0 Å². The minimum Gasteiger partial charge on any atom is -0.310 e. The van der Waals surface area contributed by atoms with E-state index in [2.05, 4.69) is 217 Å². The molecule has 0 saturated carbocycles. The molecule has 2 aliphatic carbocycles. The number of fused-ring (bicyclic) bond motifs is 17. The van der Waals surface area contributed by atoms with Gasteiger partial charge < -0.3 is 4.90 Å². The first-order valence-corrected chi connectivity index (χ1v) is 19.5. The van der Waals surface area contributed by atoms with Crippen LogP contribution in [0.5, 0.6) is 0 Å². The lowest BCUT2D eigenvalue weighted by atomic mass is 9.68. The van der Waals surface area contributed by atoms with Crippen LogP contribution in [-0.2, 0) is 5.41 Å². The molecule has 0 saturated heterocycles. The van der Waals surface area contributed by atoms with Crippen molar-refractivity contribution in [2.75, 3.05) is 4.90 Å². The smallest absolute Gasteiger partial charge is 0.0737 e. The molecule has 2 aliphatic rings. The summed E-state index contributed by atoms with van der Waals surface area (Å²) in [6.07, 6.45) is 0. The van der Waals surface area contributed by atoms with Gasteiger partial charge in [-0.1, -0.05) is 176 Å². The molecule has 0 bridgehead atoms. The summed E-state index contributed by atoms with van der Waals surface area (Å²) in [5.74, 6) is 0. The summed E-state index contributed by atoms with van der Waals surface area (Å²) in [7, 11) is 0. The zero-order valence-electron chi connectivity index (χ0n) is 30.7. The minimum absolute atomic E-state index is 0.491. The average Bonchev–Trinajstić information content (AvgIpc) is 3.76. The predicted molar refractivity (Wildman–Crippen MR) is 235 cm³/mol. The Bertz CT molecular complexity index is 3130. The van der Waals surface area contributed by atoms with E-state index in [0.29, 0.717) is 0 Å². The van der Waals surface area contributed by atoms with Gasteiger partial charge in [-0.05, 0) is 124 Å². The highest BCUT2D eigenvalue weighted by molar-refractivity contribution is 6.21. The first-order valence-electron chi connectivity index (χ1n) is 19.5. The molecule has 0 unspecified atom stereocenters. The lowest BCUT2D eigenvalue weighted by Gasteiger charge is -2.33. The number of hydrogen-bond donors (Lipinski definition) is 0. The molecule has 1 spiro atoms. The van der Waals surface area contributed by atoms with Crippen LogP contribution in [0.25, 0.3) is 65.7 Å². The summed E-state index contributed by atoms with van der Waals surface area (Å²) < 4.78 is 0. The minimum atomic E-state index is -0.491. The molecule has 0 aliphatic heterocycles. The summed E-state index contributed by atoms with van der Waals surface area (Å²) in [5.41, 5.74) is 16.1. The highest BCUT2D eigenvalue weighted by Crippen LogP contribution is 2.66. The number of hydrogen-bond acceptors (Lipinski definition) is 1. The number of nitrogens with zero attached hydrogens (tertiary/aromatic N) is 1. The maximum Gasteiger partial charge on any atom is 0.0737 e. The van der Waals surface area contributed by atoms with Crippen molar-refractivity contribution in [1.29, 1.82) is 0 Å². The van der Waals surface area contributed by atoms with Gasteiger partial charge in [-0.3, -0.25) is 0 Å². The predicted octanol–water partition coefficient (Wildman–Crippen LogP) is 14.6. The zero-order chi connectivity index (χ0) is 36.8. The Morgan fingerprint density at radius 3 is 1.52 bits per heavy atom. The quantitative estimate of drug-likeness (QED) is 0.164. The van der Waals surface area contributed by atoms with Crippen molar-refractivity contribution in [3.05, 3.63) is 235 Å². The highest BCUT2D eigenvalue weighted by atomic mass is 15.1. The second-order valence-corrected chi connectivity index (χ2v) is 15.2. The Hall–Kier alpha value is -7.22. The maximum absolute atomic E-state index is 2.42. The van der Waals surface area contributed by atoms with Crippen molar-refractivity contribution in [3.63, 3.8) is 0 Å². The van der Waals surface area contributed by atoms with Crippen molar-refractivity contribution in [1.82, 2.24) is 0 Å². The van der Waals surface area contributed by atoms with E-state index in [1.807, 2.05) is 0 Å². The molecule has 260 valence electrons. The topological polar surface area (TPSA) is 3.24 Å². The van der Waals surface area contributed by atoms with Crippen LogP contribution in [0.2, 0.25) is 0 Å². The van der Waals surface area contributed by atoms with E-state index in [-0.39, 0.29) is 0 Å². The summed E-state index contributed by atoms with van der Waals surface area (Å²) >= 11 is 0. The molecule has 0 radical (unpaired) electrons. The molecule has 0 N–H and O–H groups in total. The number of benzene rings is 10. The van der Waals surface area contributed by atoms with Crippen LogP contribution in [0.1, 0.15) is 22.3 Å². The monoisotopic (exact) mass is 709 g/mol. The van der Waals surface area contributed by atoms with Crippen LogP contribution in [-0.4, -0.2) is 0 Å². The molecule has 0 amide bonds. The lowest BCUT2D eigenvalue weighted by molar-refractivity contribution is 0.809. The van der Waals surface area contributed by atoms with Gasteiger partial charge >= 0.3 is 0 Å². The number of rotatable bonds is 4. The molecular formula is C55H35N. The molecule has 0 heterocycles. The molecule has 10 aromatic rings. The Morgan fingerprint density at radius 2 is 0.821 bits per heavy atom. The van der Waals surface area contributed by atoms with Gasteiger partial charge in [-0.15, -0.1) is 0 Å². The summed E-state index contributed by atoms with van der Waals surface area (Å²) in [5, 5.41) is 7.76. The van der Waals surface area contributed by atoms with E-state index in [4.69, 9.17) is 0 Å². The molecule has 0 fully saturated rings. The lowest BCUT2D eigenvalue weighted by Crippen LogP contribution is -2.26. The Labute approximate surface area is 326 Å². The Morgan fingerprint density at radius 1 is 0.304 bits per heavy atom. The summed E-state index contributed by atoms with van der Waals surface area (Å²) in [6.45, 7) is 0. The summed E-state index contributed by atoms with van der Waals surface area (Å²) in [4.78, 5) is 2.38. The van der Waals surface area contributed by atoms with Gasteiger partial charge in [0.25, 0.3) is 0 Å². The van der Waals surface area contributed by atoms with E-state index in [0.717, 1.165) is 17.1 Å². The maximum atomic E-state index is 2.42. The van der Waals surface area contributed by atoms with E-state index in [1.54, 1.807) is 0 Å². The second kappa shape index (κ2) is 11.9. The van der Waals surface area contributed by atoms with E-state index in [9.17, 15) is 0 Å². The third kappa shape index (κ3) is 4.20. The molecule has 0 atom stereocenters. The van der Waals surface area contributed by atoms with Crippen LogP contribution in [0.4, 0.5) is 17.1 Å². The molecule has 1 heteroatoms. The number of para-hydroxylation sites is 1. The van der Waals surface area contributed by atoms with Gasteiger partial charge in [0.2, 0.25) is 0 Å². The third-order valence-electron chi connectivity index (χ3n) is 12.4. The van der Waals surface area contributed by atoms with Crippen LogP contribution in [0.3, 0.4) is 0 Å². The van der Waals surface area contributed by atoms with Gasteiger partial charge in [0.15, 0.2) is 0 Å². The normalized spacial score (nSPS) is 13.1. The van der Waals surface area contributed by atoms with E-state index in [1.165, 1.54) is 88.0 Å². The molecule has 0 aromatic heterocycles. The van der Waals surface area contributed by atoms with Crippen LogP contribution >= 0.6 is 0 Å². The van der Waals surface area contributed by atoms with Crippen LogP contribution in [0.15, 0.2) is 212 Å². The standard InChI is InChI=1S/C55H35N/c1-3-15-36(16-4-1)37-27-30-40(31-28-37)56(39-17-5-2-6-18-39)41-32-34-42-38(35-41)29-33-49-52-47-23-9-7-19-43(47)44-20-8-10-24-48(44)54(52)55(53(42)49)50-25-13-11-21-45(50)46-22-12-14-26-51(46)55/h1-35H. The molecule has 56 heavy (non-hydrogen) atoms. The van der Waals surface area contributed by atoms with Crippen molar-refractivity contribution in [3.8, 4) is 33.4 Å². The SMILES string of the molecule is c1ccc(-c2ccc(N(c3ccccc3)c3ccc4c5c(ccc4c3)-c3c(c4ccccc4c4ccccc34)C53c4ccccc4-c4ccccc43)cc2)cc1. The second-order valence-electron chi connectivity index (χ2n) is 15.2. The molecular weight excluding hydrogens is 675 g/mol. The highest BCUT2D eigenvalue weighted by Gasteiger charge is 2.53. The van der Waals surface area contributed by atoms with E-state index < -0.39 is 5.41 Å².